The molecule has 2 amide bonds. The van der Waals surface area contributed by atoms with Gasteiger partial charge in [0, 0.05) is 26.2 Å². The summed E-state index contributed by atoms with van der Waals surface area (Å²) in [6.07, 6.45) is 2.85. The van der Waals surface area contributed by atoms with Crippen LogP contribution in [0.4, 0.5) is 0 Å². The van der Waals surface area contributed by atoms with Crippen LogP contribution in [0.3, 0.4) is 0 Å². The lowest BCUT2D eigenvalue weighted by Gasteiger charge is -2.22. The van der Waals surface area contributed by atoms with Crippen LogP contribution >= 0.6 is 0 Å². The van der Waals surface area contributed by atoms with Crippen LogP contribution in [0.5, 0.6) is 17.2 Å². The number of hydrogen-bond acceptors (Lipinski definition) is 5. The van der Waals surface area contributed by atoms with Crippen LogP contribution in [0.1, 0.15) is 25.3 Å². The number of amides is 2. The molecule has 7 heteroatoms. The van der Waals surface area contributed by atoms with Gasteiger partial charge in [0.15, 0.2) is 24.7 Å². The van der Waals surface area contributed by atoms with E-state index in [1.54, 1.807) is 29.0 Å². The van der Waals surface area contributed by atoms with Crippen molar-refractivity contribution in [3.63, 3.8) is 0 Å². The van der Waals surface area contributed by atoms with E-state index in [1.165, 1.54) is 5.56 Å². The van der Waals surface area contributed by atoms with Crippen molar-refractivity contribution in [1.29, 1.82) is 0 Å². The van der Waals surface area contributed by atoms with Crippen molar-refractivity contribution < 1.29 is 23.8 Å². The molecule has 1 aliphatic heterocycles. The lowest BCUT2D eigenvalue weighted by Crippen LogP contribution is -2.40. The highest BCUT2D eigenvalue weighted by Crippen LogP contribution is 2.25. The first kappa shape index (κ1) is 23.4. The molecule has 0 N–H and O–H groups in total. The largest absolute Gasteiger partial charge is 0.493 e. The summed E-state index contributed by atoms with van der Waals surface area (Å²) < 4.78 is 16.6. The van der Waals surface area contributed by atoms with Crippen molar-refractivity contribution in [2.45, 2.75) is 26.2 Å². The Kier molecular flexibility index (Phi) is 8.78. The van der Waals surface area contributed by atoms with Crippen LogP contribution < -0.4 is 14.2 Å². The van der Waals surface area contributed by atoms with Crippen molar-refractivity contribution in [2.75, 3.05) is 46.5 Å². The number of rotatable bonds is 9. The molecule has 0 radical (unpaired) electrons. The fourth-order valence-corrected chi connectivity index (χ4v) is 3.66. The number of carbonyl (C=O) groups is 2. The van der Waals surface area contributed by atoms with Crippen molar-refractivity contribution in [1.82, 2.24) is 9.80 Å². The molecule has 32 heavy (non-hydrogen) atoms. The molecule has 172 valence electrons. The zero-order valence-corrected chi connectivity index (χ0v) is 18.9. The lowest BCUT2D eigenvalue weighted by molar-refractivity contribution is -0.135. The quantitative estimate of drug-likeness (QED) is 0.599. The number of para-hydroxylation sites is 2. The number of hydrogen-bond donors (Lipinski definition) is 0. The molecule has 2 aromatic carbocycles. The van der Waals surface area contributed by atoms with Gasteiger partial charge in [-0.3, -0.25) is 9.59 Å². The Bertz CT molecular complexity index is 884. The zero-order valence-electron chi connectivity index (χ0n) is 18.9. The van der Waals surface area contributed by atoms with Crippen LogP contribution in [0.2, 0.25) is 0 Å². The lowest BCUT2D eigenvalue weighted by atomic mass is 10.1. The Balaban J connectivity index is 1.44. The fourth-order valence-electron chi connectivity index (χ4n) is 3.66. The molecule has 1 fully saturated rings. The van der Waals surface area contributed by atoms with Crippen LogP contribution in [-0.4, -0.2) is 68.1 Å². The molecule has 0 aliphatic carbocycles. The Labute approximate surface area is 189 Å². The summed E-state index contributed by atoms with van der Waals surface area (Å²) in [5.74, 6) is 1.65. The number of nitrogens with zero attached hydrogens (tertiary/aromatic N) is 2. The molecule has 0 atom stereocenters. The van der Waals surface area contributed by atoms with Gasteiger partial charge in [0.05, 0.1) is 7.11 Å². The predicted octanol–water partition coefficient (Wildman–Crippen LogP) is 3.17. The van der Waals surface area contributed by atoms with E-state index in [-0.39, 0.29) is 25.0 Å². The van der Waals surface area contributed by atoms with E-state index in [0.717, 1.165) is 19.3 Å². The van der Waals surface area contributed by atoms with E-state index >= 15 is 0 Å². The second kappa shape index (κ2) is 12.0. The molecular formula is C25H32N2O5. The molecule has 0 aromatic heterocycles. The molecule has 0 unspecified atom stereocenters. The maximum Gasteiger partial charge on any atom is 0.260 e. The van der Waals surface area contributed by atoms with Crippen LogP contribution in [0.15, 0.2) is 48.5 Å². The van der Waals surface area contributed by atoms with Crippen molar-refractivity contribution in [3.05, 3.63) is 54.1 Å². The Morgan fingerprint density at radius 1 is 0.812 bits per heavy atom. The summed E-state index contributed by atoms with van der Waals surface area (Å²) >= 11 is 0. The van der Waals surface area contributed by atoms with Gasteiger partial charge in [-0.15, -0.1) is 0 Å². The monoisotopic (exact) mass is 440 g/mol. The molecule has 7 nitrogen and oxygen atoms in total. The van der Waals surface area contributed by atoms with Crippen molar-refractivity contribution in [3.8, 4) is 17.2 Å². The van der Waals surface area contributed by atoms with Gasteiger partial charge in [0.1, 0.15) is 5.75 Å². The van der Waals surface area contributed by atoms with E-state index < -0.39 is 0 Å². The molecular weight excluding hydrogens is 408 g/mol. The maximum absolute atomic E-state index is 12.6. The van der Waals surface area contributed by atoms with Crippen LogP contribution in [0.25, 0.3) is 0 Å². The standard InChI is InChI=1S/C25H32N2O5/c1-3-7-20-10-12-21(13-11-20)31-18-24(28)26-14-6-15-27(17-16-26)25(29)19-32-23-9-5-4-8-22(23)30-2/h4-5,8-13H,3,6-7,14-19H2,1-2H3. The molecule has 0 saturated carbocycles. The van der Waals surface area contributed by atoms with E-state index in [9.17, 15) is 9.59 Å². The molecule has 1 aliphatic rings. The second-order valence-electron chi connectivity index (χ2n) is 7.74. The van der Waals surface area contributed by atoms with Gasteiger partial charge in [-0.2, -0.15) is 0 Å². The smallest absolute Gasteiger partial charge is 0.260 e. The zero-order chi connectivity index (χ0) is 22.8. The van der Waals surface area contributed by atoms with Gasteiger partial charge in [-0.25, -0.2) is 0 Å². The number of aryl methyl sites for hydroxylation is 1. The number of methoxy groups -OCH3 is 1. The Morgan fingerprint density at radius 2 is 1.41 bits per heavy atom. The highest BCUT2D eigenvalue weighted by molar-refractivity contribution is 5.79. The van der Waals surface area contributed by atoms with Gasteiger partial charge < -0.3 is 24.0 Å². The average molecular weight is 441 g/mol. The first-order valence-corrected chi connectivity index (χ1v) is 11.1. The first-order chi connectivity index (χ1) is 15.6. The highest BCUT2D eigenvalue weighted by atomic mass is 16.5. The fraction of sp³-hybridized carbons (Fsp3) is 0.440. The first-order valence-electron chi connectivity index (χ1n) is 11.1. The van der Waals surface area contributed by atoms with E-state index in [0.29, 0.717) is 43.4 Å². The summed E-state index contributed by atoms with van der Waals surface area (Å²) in [5, 5.41) is 0. The Hall–Kier alpha value is -3.22. The van der Waals surface area contributed by atoms with Crippen molar-refractivity contribution in [2.24, 2.45) is 0 Å². The normalized spacial score (nSPS) is 13.9. The SMILES string of the molecule is CCCc1ccc(OCC(=O)N2CCCN(C(=O)COc3ccccc3OC)CC2)cc1. The number of ether oxygens (including phenoxy) is 3. The van der Waals surface area contributed by atoms with Crippen LogP contribution in [0, 0.1) is 0 Å². The van der Waals surface area contributed by atoms with E-state index in [1.807, 2.05) is 36.4 Å². The molecule has 2 aromatic rings. The van der Waals surface area contributed by atoms with Gasteiger partial charge in [0.2, 0.25) is 0 Å². The van der Waals surface area contributed by atoms with Gasteiger partial charge in [-0.05, 0) is 42.7 Å². The summed E-state index contributed by atoms with van der Waals surface area (Å²) in [4.78, 5) is 28.7. The van der Waals surface area contributed by atoms with Gasteiger partial charge in [-0.1, -0.05) is 37.6 Å². The third-order valence-corrected chi connectivity index (χ3v) is 5.45. The van der Waals surface area contributed by atoms with Crippen LogP contribution in [-0.2, 0) is 16.0 Å². The van der Waals surface area contributed by atoms with E-state index in [4.69, 9.17) is 14.2 Å². The summed E-state index contributed by atoms with van der Waals surface area (Å²) in [6, 6.07) is 15.1. The third kappa shape index (κ3) is 6.64. The second-order valence-corrected chi connectivity index (χ2v) is 7.74. The van der Waals surface area contributed by atoms with Crippen molar-refractivity contribution >= 4 is 11.8 Å². The van der Waals surface area contributed by atoms with E-state index in [2.05, 4.69) is 6.92 Å². The topological polar surface area (TPSA) is 68.3 Å². The minimum Gasteiger partial charge on any atom is -0.493 e. The molecule has 1 heterocycles. The maximum atomic E-state index is 12.6. The molecule has 3 rings (SSSR count). The number of benzene rings is 2. The minimum atomic E-state index is -0.103. The summed E-state index contributed by atoms with van der Waals surface area (Å²) in [7, 11) is 1.57. The van der Waals surface area contributed by atoms with Gasteiger partial charge in [0.25, 0.3) is 11.8 Å². The highest BCUT2D eigenvalue weighted by Gasteiger charge is 2.23. The minimum absolute atomic E-state index is 0.00200. The third-order valence-electron chi connectivity index (χ3n) is 5.45. The molecule has 1 saturated heterocycles. The summed E-state index contributed by atoms with van der Waals surface area (Å²) in [5.41, 5.74) is 1.26. The summed E-state index contributed by atoms with van der Waals surface area (Å²) in [6.45, 7) is 4.24. The molecule has 0 bridgehead atoms. The predicted molar refractivity (Wildman–Crippen MR) is 122 cm³/mol. The average Bonchev–Trinajstić information content (AvgIpc) is 3.09. The molecule has 0 spiro atoms. The number of carbonyl (C=O) groups excluding carboxylic acids is 2. The Morgan fingerprint density at radius 3 is 2.00 bits per heavy atom. The van der Waals surface area contributed by atoms with Gasteiger partial charge >= 0.3 is 0 Å².